The zero-order valence-corrected chi connectivity index (χ0v) is 18.5. The molecule has 2 aromatic carbocycles. The van der Waals surface area contributed by atoms with Gasteiger partial charge in [0, 0.05) is 26.1 Å². The zero-order chi connectivity index (χ0) is 23.1. The molecule has 0 aromatic heterocycles. The number of carbonyl (C=O) groups excluding carboxylic acids is 2. The van der Waals surface area contributed by atoms with Crippen LogP contribution in [0.15, 0.2) is 48.5 Å². The Bertz CT molecular complexity index is 929. The minimum Gasteiger partial charge on any atom is -0.481 e. The molecule has 2 amide bonds. The standard InChI is InChI=1S/C25H30N2O5/c1-3-8-17(24(30)27(2)14-13-23(28)29)15-26-25(31)32-16-22-20-11-6-4-9-18(20)19-10-5-7-12-21(19)22/h4-7,9-12,17,22H,3,8,13-16H2,1-2H3,(H,26,31)(H,28,29). The first-order chi connectivity index (χ1) is 15.4. The van der Waals surface area contributed by atoms with Crippen molar-refractivity contribution in [1.29, 1.82) is 0 Å². The fourth-order valence-corrected chi connectivity index (χ4v) is 4.20. The molecule has 1 unspecified atom stereocenters. The molecule has 2 N–H and O–H groups in total. The zero-order valence-electron chi connectivity index (χ0n) is 18.5. The maximum Gasteiger partial charge on any atom is 0.407 e. The second kappa shape index (κ2) is 10.8. The highest BCUT2D eigenvalue weighted by atomic mass is 16.5. The van der Waals surface area contributed by atoms with Crippen molar-refractivity contribution >= 4 is 18.0 Å². The number of hydrogen-bond acceptors (Lipinski definition) is 4. The SMILES string of the molecule is CCCC(CNC(=O)OCC1c2ccccc2-c2ccccc21)C(=O)N(C)CCC(=O)O. The Kier molecular flexibility index (Phi) is 7.87. The van der Waals surface area contributed by atoms with Gasteiger partial charge in [-0.1, -0.05) is 61.9 Å². The van der Waals surface area contributed by atoms with Crippen LogP contribution in [0.5, 0.6) is 0 Å². The van der Waals surface area contributed by atoms with E-state index in [1.165, 1.54) is 4.90 Å². The lowest BCUT2D eigenvalue weighted by Gasteiger charge is -2.23. The number of carbonyl (C=O) groups is 3. The van der Waals surface area contributed by atoms with Crippen molar-refractivity contribution in [2.75, 3.05) is 26.7 Å². The number of alkyl carbamates (subject to hydrolysis) is 1. The Morgan fingerprint density at radius 3 is 2.22 bits per heavy atom. The Balaban J connectivity index is 1.56. The molecule has 0 bridgehead atoms. The number of rotatable bonds is 10. The summed E-state index contributed by atoms with van der Waals surface area (Å²) < 4.78 is 5.53. The lowest BCUT2D eigenvalue weighted by Crippen LogP contribution is -2.40. The highest BCUT2D eigenvalue weighted by Crippen LogP contribution is 2.44. The lowest BCUT2D eigenvalue weighted by molar-refractivity contribution is -0.139. The van der Waals surface area contributed by atoms with Crippen molar-refractivity contribution in [3.8, 4) is 11.1 Å². The number of hydrogen-bond donors (Lipinski definition) is 2. The Hall–Kier alpha value is -3.35. The second-order valence-electron chi connectivity index (χ2n) is 8.10. The van der Waals surface area contributed by atoms with Crippen molar-refractivity contribution in [1.82, 2.24) is 10.2 Å². The first kappa shape index (κ1) is 23.3. The molecule has 7 nitrogen and oxygen atoms in total. The summed E-state index contributed by atoms with van der Waals surface area (Å²) in [5.74, 6) is -1.57. The molecule has 0 heterocycles. The summed E-state index contributed by atoms with van der Waals surface area (Å²) in [6, 6.07) is 16.3. The van der Waals surface area contributed by atoms with E-state index in [-0.39, 0.29) is 37.9 Å². The number of aliphatic carboxylic acids is 1. The van der Waals surface area contributed by atoms with Gasteiger partial charge in [0.25, 0.3) is 0 Å². The van der Waals surface area contributed by atoms with Crippen LogP contribution >= 0.6 is 0 Å². The van der Waals surface area contributed by atoms with Crippen LogP contribution in [0.25, 0.3) is 11.1 Å². The highest BCUT2D eigenvalue weighted by Gasteiger charge is 2.29. The van der Waals surface area contributed by atoms with Crippen LogP contribution in [0, 0.1) is 5.92 Å². The van der Waals surface area contributed by atoms with Gasteiger partial charge in [-0.3, -0.25) is 9.59 Å². The number of amides is 2. The van der Waals surface area contributed by atoms with E-state index in [1.54, 1.807) is 7.05 Å². The van der Waals surface area contributed by atoms with Gasteiger partial charge < -0.3 is 20.1 Å². The summed E-state index contributed by atoms with van der Waals surface area (Å²) in [7, 11) is 1.58. The maximum atomic E-state index is 12.6. The molecular weight excluding hydrogens is 408 g/mol. The molecule has 0 spiro atoms. The molecule has 3 rings (SSSR count). The Morgan fingerprint density at radius 2 is 1.66 bits per heavy atom. The summed E-state index contributed by atoms with van der Waals surface area (Å²) in [5.41, 5.74) is 4.60. The third-order valence-corrected chi connectivity index (χ3v) is 5.86. The van der Waals surface area contributed by atoms with E-state index >= 15 is 0 Å². The van der Waals surface area contributed by atoms with Gasteiger partial charge in [-0.15, -0.1) is 0 Å². The summed E-state index contributed by atoms with van der Waals surface area (Å²) in [5, 5.41) is 11.5. The predicted molar refractivity (Wildman–Crippen MR) is 121 cm³/mol. The molecule has 170 valence electrons. The van der Waals surface area contributed by atoms with Gasteiger partial charge in [-0.2, -0.15) is 0 Å². The van der Waals surface area contributed by atoms with Crippen molar-refractivity contribution < 1.29 is 24.2 Å². The number of nitrogens with zero attached hydrogens (tertiary/aromatic N) is 1. The van der Waals surface area contributed by atoms with Gasteiger partial charge in [0.15, 0.2) is 0 Å². The number of fused-ring (bicyclic) bond motifs is 3. The van der Waals surface area contributed by atoms with E-state index in [2.05, 4.69) is 29.6 Å². The molecule has 0 saturated heterocycles. The van der Waals surface area contributed by atoms with Gasteiger partial charge >= 0.3 is 12.1 Å². The fraction of sp³-hybridized carbons (Fsp3) is 0.400. The average Bonchev–Trinajstić information content (AvgIpc) is 3.12. The predicted octanol–water partition coefficient (Wildman–Crippen LogP) is 3.87. The van der Waals surface area contributed by atoms with Gasteiger partial charge in [-0.05, 0) is 28.7 Å². The minimum absolute atomic E-state index is 0.0247. The van der Waals surface area contributed by atoms with Crippen molar-refractivity contribution in [2.45, 2.75) is 32.1 Å². The maximum absolute atomic E-state index is 12.6. The first-order valence-electron chi connectivity index (χ1n) is 11.0. The van der Waals surface area contributed by atoms with Crippen molar-refractivity contribution in [2.24, 2.45) is 5.92 Å². The minimum atomic E-state index is -0.951. The molecule has 2 aromatic rings. The molecule has 1 atom stereocenters. The average molecular weight is 439 g/mol. The Labute approximate surface area is 188 Å². The molecule has 1 aliphatic carbocycles. The number of carboxylic acid groups (broad SMARTS) is 1. The third kappa shape index (κ3) is 5.46. The van der Waals surface area contributed by atoms with E-state index in [9.17, 15) is 14.4 Å². The molecule has 0 radical (unpaired) electrons. The quantitative estimate of drug-likeness (QED) is 0.587. The summed E-state index contributed by atoms with van der Waals surface area (Å²) in [4.78, 5) is 37.2. The van der Waals surface area contributed by atoms with Crippen LogP contribution in [0.4, 0.5) is 4.79 Å². The summed E-state index contributed by atoms with van der Waals surface area (Å²) in [6.07, 6.45) is 0.699. The number of benzene rings is 2. The van der Waals surface area contributed by atoms with Gasteiger partial charge in [0.05, 0.1) is 12.3 Å². The van der Waals surface area contributed by atoms with Crippen molar-refractivity contribution in [3.05, 3.63) is 59.7 Å². The van der Waals surface area contributed by atoms with E-state index in [0.29, 0.717) is 6.42 Å². The molecule has 32 heavy (non-hydrogen) atoms. The van der Waals surface area contributed by atoms with E-state index in [0.717, 1.165) is 28.7 Å². The number of carboxylic acids is 1. The van der Waals surface area contributed by atoms with Crippen LogP contribution in [0.2, 0.25) is 0 Å². The molecular formula is C25H30N2O5. The lowest BCUT2D eigenvalue weighted by atomic mass is 9.98. The third-order valence-electron chi connectivity index (χ3n) is 5.86. The van der Waals surface area contributed by atoms with Crippen LogP contribution in [0.1, 0.15) is 43.2 Å². The van der Waals surface area contributed by atoms with Gasteiger partial charge in [0.2, 0.25) is 5.91 Å². The Morgan fingerprint density at radius 1 is 1.06 bits per heavy atom. The van der Waals surface area contributed by atoms with E-state index in [4.69, 9.17) is 9.84 Å². The summed E-state index contributed by atoms with van der Waals surface area (Å²) in [6.45, 7) is 2.47. The fourth-order valence-electron chi connectivity index (χ4n) is 4.20. The topological polar surface area (TPSA) is 95.9 Å². The summed E-state index contributed by atoms with van der Waals surface area (Å²) >= 11 is 0. The smallest absolute Gasteiger partial charge is 0.407 e. The monoisotopic (exact) mass is 438 g/mol. The van der Waals surface area contributed by atoms with E-state index in [1.807, 2.05) is 31.2 Å². The van der Waals surface area contributed by atoms with Gasteiger partial charge in [-0.25, -0.2) is 4.79 Å². The van der Waals surface area contributed by atoms with Crippen LogP contribution in [0.3, 0.4) is 0 Å². The second-order valence-corrected chi connectivity index (χ2v) is 8.10. The number of nitrogens with one attached hydrogen (secondary N) is 1. The molecule has 7 heteroatoms. The largest absolute Gasteiger partial charge is 0.481 e. The van der Waals surface area contributed by atoms with Crippen molar-refractivity contribution in [3.63, 3.8) is 0 Å². The molecule has 0 saturated carbocycles. The van der Waals surface area contributed by atoms with Crippen LogP contribution in [-0.4, -0.2) is 54.7 Å². The molecule has 0 aliphatic heterocycles. The van der Waals surface area contributed by atoms with Crippen LogP contribution < -0.4 is 5.32 Å². The van der Waals surface area contributed by atoms with Gasteiger partial charge in [0.1, 0.15) is 6.61 Å². The van der Waals surface area contributed by atoms with E-state index < -0.39 is 18.0 Å². The van der Waals surface area contributed by atoms with Crippen LogP contribution in [-0.2, 0) is 14.3 Å². The molecule has 0 fully saturated rings. The highest BCUT2D eigenvalue weighted by molar-refractivity contribution is 5.81. The molecule has 1 aliphatic rings. The number of ether oxygens (including phenoxy) is 1. The normalized spacial score (nSPS) is 13.1. The first-order valence-corrected chi connectivity index (χ1v) is 11.0.